The number of pyridine rings is 1. The fraction of sp³-hybridized carbons (Fsp3) is 0.429. The summed E-state index contributed by atoms with van der Waals surface area (Å²) in [6.45, 7) is 1.05. The second-order valence-electron chi connectivity index (χ2n) is 5.41. The van der Waals surface area contributed by atoms with Crippen molar-refractivity contribution in [1.82, 2.24) is 15.6 Å². The summed E-state index contributed by atoms with van der Waals surface area (Å²) in [6.07, 6.45) is 4.04. The van der Waals surface area contributed by atoms with E-state index in [1.165, 1.54) is 17.8 Å². The van der Waals surface area contributed by atoms with E-state index in [9.17, 15) is 4.79 Å². The van der Waals surface area contributed by atoms with E-state index >= 15 is 0 Å². The highest BCUT2D eigenvalue weighted by Gasteiger charge is 2.40. The van der Waals surface area contributed by atoms with Gasteiger partial charge in [-0.15, -0.1) is 11.3 Å². The summed E-state index contributed by atoms with van der Waals surface area (Å²) in [5.74, 6) is 0.669. The summed E-state index contributed by atoms with van der Waals surface area (Å²) in [5, 5.41) is 6.65. The molecule has 2 aromatic heterocycles. The number of thiophene rings is 1. The van der Waals surface area contributed by atoms with Crippen molar-refractivity contribution in [3.63, 3.8) is 0 Å². The monoisotopic (exact) mass is 273 g/mol. The van der Waals surface area contributed by atoms with Crippen molar-refractivity contribution < 1.29 is 4.79 Å². The molecule has 4 rings (SSSR count). The van der Waals surface area contributed by atoms with Crippen LogP contribution in [0.3, 0.4) is 0 Å². The number of hydrogen-bond donors (Lipinski definition) is 2. The lowest BCUT2D eigenvalue weighted by atomic mass is 10.0. The minimum Gasteiger partial charge on any atom is -0.348 e. The molecular formula is C14H15N3OS. The fourth-order valence-corrected chi connectivity index (χ4v) is 4.15. The molecule has 1 saturated carbocycles. The summed E-state index contributed by atoms with van der Waals surface area (Å²) in [6, 6.07) is 6.75. The first-order valence-corrected chi connectivity index (χ1v) is 7.50. The lowest BCUT2D eigenvalue weighted by molar-refractivity contribution is 0.0929. The standard InChI is InChI=1S/C14H15N3OS/c18-14(17-10-5-9-4-8(10)7-16-9)13-6-11-12(19-13)2-1-3-15-11/h1-3,6,8-10,16H,4-5,7H2,(H,17,18). The Morgan fingerprint density at radius 2 is 2.42 bits per heavy atom. The SMILES string of the molecule is O=C(NC1CC2CC1CN2)c1cc2ncccc2s1. The third-order valence-electron chi connectivity index (χ3n) is 4.19. The third kappa shape index (κ3) is 1.93. The number of rotatable bonds is 2. The number of amides is 1. The molecule has 5 heteroatoms. The van der Waals surface area contributed by atoms with Crippen LogP contribution < -0.4 is 10.6 Å². The fourth-order valence-electron chi connectivity index (χ4n) is 3.23. The van der Waals surface area contributed by atoms with E-state index in [2.05, 4.69) is 15.6 Å². The predicted octanol–water partition coefficient (Wildman–Crippen LogP) is 1.78. The normalized spacial score (nSPS) is 28.9. The molecule has 3 atom stereocenters. The molecule has 98 valence electrons. The van der Waals surface area contributed by atoms with Crippen LogP contribution in [0.5, 0.6) is 0 Å². The van der Waals surface area contributed by atoms with E-state index in [0.29, 0.717) is 18.0 Å². The van der Waals surface area contributed by atoms with Gasteiger partial charge in [-0.2, -0.15) is 0 Å². The third-order valence-corrected chi connectivity index (χ3v) is 5.28. The molecule has 0 aromatic carbocycles. The van der Waals surface area contributed by atoms with E-state index in [4.69, 9.17) is 0 Å². The Kier molecular flexibility index (Phi) is 2.56. The number of aromatic nitrogens is 1. The Hall–Kier alpha value is -1.46. The first-order valence-electron chi connectivity index (χ1n) is 6.68. The Bertz CT molecular complexity index is 605. The minimum absolute atomic E-state index is 0.0561. The van der Waals surface area contributed by atoms with Crippen molar-refractivity contribution in [3.8, 4) is 0 Å². The first-order chi connectivity index (χ1) is 9.29. The van der Waals surface area contributed by atoms with Crippen LogP contribution in [-0.2, 0) is 0 Å². The van der Waals surface area contributed by atoms with Gasteiger partial charge < -0.3 is 10.6 Å². The number of nitrogens with one attached hydrogen (secondary N) is 2. The number of carbonyl (C=O) groups is 1. The summed E-state index contributed by atoms with van der Waals surface area (Å²) in [7, 11) is 0. The second kappa shape index (κ2) is 4.28. The molecule has 2 aliphatic rings. The summed E-state index contributed by atoms with van der Waals surface area (Å²) in [4.78, 5) is 17.3. The van der Waals surface area contributed by atoms with Crippen molar-refractivity contribution in [3.05, 3.63) is 29.3 Å². The number of carbonyl (C=O) groups excluding carboxylic acids is 1. The number of nitrogens with zero attached hydrogens (tertiary/aromatic N) is 1. The lowest BCUT2D eigenvalue weighted by Crippen LogP contribution is -2.43. The maximum atomic E-state index is 12.3. The average Bonchev–Trinajstić information content (AvgIpc) is 3.12. The van der Waals surface area contributed by atoms with Crippen LogP contribution in [0, 0.1) is 5.92 Å². The maximum absolute atomic E-state index is 12.3. The quantitative estimate of drug-likeness (QED) is 0.877. The molecule has 2 aromatic rings. The molecule has 4 nitrogen and oxygen atoms in total. The predicted molar refractivity (Wildman–Crippen MR) is 75.4 cm³/mol. The summed E-state index contributed by atoms with van der Waals surface area (Å²) in [5.41, 5.74) is 0.909. The zero-order valence-electron chi connectivity index (χ0n) is 10.4. The molecule has 2 N–H and O–H groups in total. The number of fused-ring (bicyclic) bond motifs is 3. The van der Waals surface area contributed by atoms with Crippen LogP contribution in [0.15, 0.2) is 24.4 Å². The van der Waals surface area contributed by atoms with Crippen LogP contribution in [0.25, 0.3) is 10.2 Å². The Morgan fingerprint density at radius 3 is 3.16 bits per heavy atom. The van der Waals surface area contributed by atoms with E-state index in [0.717, 1.165) is 28.1 Å². The van der Waals surface area contributed by atoms with E-state index in [1.807, 2.05) is 18.2 Å². The maximum Gasteiger partial charge on any atom is 0.261 e. The van der Waals surface area contributed by atoms with Gasteiger partial charge in [0.05, 0.1) is 15.1 Å². The highest BCUT2D eigenvalue weighted by atomic mass is 32.1. The Labute approximate surface area is 115 Å². The molecule has 2 bridgehead atoms. The van der Waals surface area contributed by atoms with Gasteiger partial charge in [-0.3, -0.25) is 9.78 Å². The Balaban J connectivity index is 1.53. The van der Waals surface area contributed by atoms with Crippen LogP contribution >= 0.6 is 11.3 Å². The van der Waals surface area contributed by atoms with Crippen LogP contribution in [0.2, 0.25) is 0 Å². The lowest BCUT2D eigenvalue weighted by Gasteiger charge is -2.23. The topological polar surface area (TPSA) is 54.0 Å². The first kappa shape index (κ1) is 11.4. The van der Waals surface area contributed by atoms with Gasteiger partial charge in [-0.1, -0.05) is 0 Å². The molecule has 1 aliphatic heterocycles. The molecule has 3 heterocycles. The molecule has 1 saturated heterocycles. The van der Waals surface area contributed by atoms with Gasteiger partial charge in [0, 0.05) is 24.8 Å². The summed E-state index contributed by atoms with van der Waals surface area (Å²) < 4.78 is 1.07. The van der Waals surface area contributed by atoms with Gasteiger partial charge in [0.25, 0.3) is 5.91 Å². The van der Waals surface area contributed by atoms with Gasteiger partial charge in [0.15, 0.2) is 0 Å². The molecule has 0 radical (unpaired) electrons. The molecule has 19 heavy (non-hydrogen) atoms. The van der Waals surface area contributed by atoms with Crippen LogP contribution in [-0.4, -0.2) is 29.5 Å². The van der Waals surface area contributed by atoms with Crippen molar-refractivity contribution in [2.24, 2.45) is 5.92 Å². The number of hydrogen-bond acceptors (Lipinski definition) is 4. The Morgan fingerprint density at radius 1 is 1.47 bits per heavy atom. The van der Waals surface area contributed by atoms with Crippen molar-refractivity contribution in [2.45, 2.75) is 24.9 Å². The van der Waals surface area contributed by atoms with E-state index in [-0.39, 0.29) is 5.91 Å². The van der Waals surface area contributed by atoms with Gasteiger partial charge >= 0.3 is 0 Å². The summed E-state index contributed by atoms with van der Waals surface area (Å²) >= 11 is 1.52. The molecule has 1 amide bonds. The molecule has 0 spiro atoms. The van der Waals surface area contributed by atoms with Gasteiger partial charge in [-0.05, 0) is 37.0 Å². The molecule has 1 aliphatic carbocycles. The van der Waals surface area contributed by atoms with Gasteiger partial charge in [0.1, 0.15) is 0 Å². The minimum atomic E-state index is 0.0561. The second-order valence-corrected chi connectivity index (χ2v) is 6.50. The van der Waals surface area contributed by atoms with E-state index < -0.39 is 0 Å². The highest BCUT2D eigenvalue weighted by Crippen LogP contribution is 2.32. The average molecular weight is 273 g/mol. The van der Waals surface area contributed by atoms with Gasteiger partial charge in [-0.25, -0.2) is 0 Å². The van der Waals surface area contributed by atoms with Crippen molar-refractivity contribution in [1.29, 1.82) is 0 Å². The largest absolute Gasteiger partial charge is 0.348 e. The number of piperidine rings is 1. The smallest absolute Gasteiger partial charge is 0.261 e. The highest BCUT2D eigenvalue weighted by molar-refractivity contribution is 7.20. The van der Waals surface area contributed by atoms with Gasteiger partial charge in [0.2, 0.25) is 0 Å². The molecular weight excluding hydrogens is 258 g/mol. The van der Waals surface area contributed by atoms with Crippen LogP contribution in [0.4, 0.5) is 0 Å². The zero-order chi connectivity index (χ0) is 12.8. The van der Waals surface area contributed by atoms with E-state index in [1.54, 1.807) is 6.20 Å². The molecule has 3 unspecified atom stereocenters. The van der Waals surface area contributed by atoms with Crippen molar-refractivity contribution in [2.75, 3.05) is 6.54 Å². The molecule has 2 fully saturated rings. The van der Waals surface area contributed by atoms with Crippen LogP contribution in [0.1, 0.15) is 22.5 Å². The van der Waals surface area contributed by atoms with Crippen molar-refractivity contribution >= 4 is 27.5 Å². The zero-order valence-corrected chi connectivity index (χ0v) is 11.2.